The van der Waals surface area contributed by atoms with Crippen molar-refractivity contribution in [3.63, 3.8) is 0 Å². The van der Waals surface area contributed by atoms with E-state index in [1.165, 1.54) is 17.6 Å². The van der Waals surface area contributed by atoms with Gasteiger partial charge in [0, 0.05) is 18.4 Å². The Morgan fingerprint density at radius 2 is 1.85 bits per heavy atom. The summed E-state index contributed by atoms with van der Waals surface area (Å²) in [4.78, 5) is 17.7. The van der Waals surface area contributed by atoms with Crippen LogP contribution in [0.4, 0.5) is 0 Å². The third kappa shape index (κ3) is 4.09. The fourth-order valence-electron chi connectivity index (χ4n) is 2.92. The molecule has 0 radical (unpaired) electrons. The number of fused-ring (bicyclic) bond motifs is 1. The molecule has 5 nitrogen and oxygen atoms in total. The highest BCUT2D eigenvalue weighted by Crippen LogP contribution is 2.22. The summed E-state index contributed by atoms with van der Waals surface area (Å²) < 4.78 is 26.3. The van der Waals surface area contributed by atoms with Gasteiger partial charge in [0.1, 0.15) is 0 Å². The molecule has 0 saturated heterocycles. The minimum Gasteiger partial charge on any atom is -0.312 e. The van der Waals surface area contributed by atoms with Crippen molar-refractivity contribution in [2.75, 3.05) is 6.26 Å². The predicted octanol–water partition coefficient (Wildman–Crippen LogP) is 3.65. The first-order chi connectivity index (χ1) is 12.7. The predicted molar refractivity (Wildman–Crippen MR) is 109 cm³/mol. The number of benzene rings is 2. The van der Waals surface area contributed by atoms with Crippen LogP contribution >= 0.6 is 11.3 Å². The molecule has 0 aliphatic rings. The van der Waals surface area contributed by atoms with Crippen molar-refractivity contribution in [2.24, 2.45) is 4.99 Å². The Balaban J connectivity index is 2.19. The van der Waals surface area contributed by atoms with E-state index < -0.39 is 9.84 Å². The van der Waals surface area contributed by atoms with Gasteiger partial charge >= 0.3 is 0 Å². The summed E-state index contributed by atoms with van der Waals surface area (Å²) in [6.45, 7) is 8.11. The number of hydrogen-bond acceptors (Lipinski definition) is 4. The molecule has 27 heavy (non-hydrogen) atoms. The quantitative estimate of drug-likeness (QED) is 0.628. The van der Waals surface area contributed by atoms with Crippen molar-refractivity contribution in [2.45, 2.75) is 25.3 Å². The molecule has 3 rings (SSSR count). The highest BCUT2D eigenvalue weighted by molar-refractivity contribution is 7.90. The average Bonchev–Trinajstić information content (AvgIpc) is 2.90. The largest absolute Gasteiger partial charge is 0.312 e. The van der Waals surface area contributed by atoms with Crippen molar-refractivity contribution in [3.8, 4) is 0 Å². The van der Waals surface area contributed by atoms with Crippen LogP contribution in [0, 0.1) is 13.8 Å². The van der Waals surface area contributed by atoms with Crippen LogP contribution in [0.15, 0.2) is 58.9 Å². The highest BCUT2D eigenvalue weighted by atomic mass is 32.2. The number of rotatable bonds is 4. The molecule has 0 N–H and O–H groups in total. The summed E-state index contributed by atoms with van der Waals surface area (Å²) in [6.07, 6.45) is 2.89. The second-order valence-electron chi connectivity index (χ2n) is 6.48. The zero-order valence-electron chi connectivity index (χ0n) is 15.4. The van der Waals surface area contributed by atoms with Crippen molar-refractivity contribution in [1.82, 2.24) is 4.57 Å². The second-order valence-corrected chi connectivity index (χ2v) is 9.50. The molecule has 0 fully saturated rings. The van der Waals surface area contributed by atoms with Crippen LogP contribution in [0.25, 0.3) is 10.2 Å². The van der Waals surface area contributed by atoms with Crippen LogP contribution in [0.1, 0.15) is 21.5 Å². The molecular formula is C20H20N2O3S2. The third-order valence-electron chi connectivity index (χ3n) is 4.06. The SMILES string of the molecule is C=CCn1c(=NC(=O)c2cc(C)cc(C)c2)sc2cc(S(C)(=O)=O)ccc21. The zero-order valence-corrected chi connectivity index (χ0v) is 17.0. The number of carbonyl (C=O) groups is 1. The zero-order chi connectivity index (χ0) is 19.8. The smallest absolute Gasteiger partial charge is 0.279 e. The molecule has 7 heteroatoms. The lowest BCUT2D eigenvalue weighted by Crippen LogP contribution is -2.16. The van der Waals surface area contributed by atoms with Gasteiger partial charge in [-0.05, 0) is 44.2 Å². The summed E-state index contributed by atoms with van der Waals surface area (Å²) in [6, 6.07) is 10.6. The van der Waals surface area contributed by atoms with Gasteiger partial charge in [-0.15, -0.1) is 6.58 Å². The topological polar surface area (TPSA) is 68.5 Å². The van der Waals surface area contributed by atoms with Crippen LogP contribution < -0.4 is 4.80 Å². The van der Waals surface area contributed by atoms with Gasteiger partial charge in [0.2, 0.25) is 0 Å². The minimum atomic E-state index is -3.31. The third-order valence-corrected chi connectivity index (χ3v) is 6.21. The van der Waals surface area contributed by atoms with Gasteiger partial charge in [0.25, 0.3) is 5.91 Å². The molecule has 0 unspecified atom stereocenters. The minimum absolute atomic E-state index is 0.245. The molecular weight excluding hydrogens is 380 g/mol. The number of allylic oxidation sites excluding steroid dienone is 1. The normalized spacial score (nSPS) is 12.5. The Bertz CT molecular complexity index is 1210. The van der Waals surface area contributed by atoms with E-state index in [2.05, 4.69) is 11.6 Å². The maximum absolute atomic E-state index is 12.7. The number of sulfone groups is 1. The Kier molecular flexibility index (Phi) is 5.17. The van der Waals surface area contributed by atoms with Gasteiger partial charge in [-0.1, -0.05) is 34.6 Å². The van der Waals surface area contributed by atoms with Crippen molar-refractivity contribution < 1.29 is 13.2 Å². The van der Waals surface area contributed by atoms with Gasteiger partial charge in [0.15, 0.2) is 14.6 Å². The summed E-state index contributed by atoms with van der Waals surface area (Å²) in [7, 11) is -3.31. The van der Waals surface area contributed by atoms with Gasteiger partial charge in [-0.3, -0.25) is 4.79 Å². The second kappa shape index (κ2) is 7.25. The number of aryl methyl sites for hydroxylation is 2. The van der Waals surface area contributed by atoms with E-state index in [1.807, 2.05) is 36.6 Å². The maximum atomic E-state index is 12.7. The molecule has 0 spiro atoms. The first-order valence-corrected chi connectivity index (χ1v) is 11.0. The number of hydrogen-bond donors (Lipinski definition) is 0. The van der Waals surface area contributed by atoms with E-state index in [1.54, 1.807) is 24.3 Å². The highest BCUT2D eigenvalue weighted by Gasteiger charge is 2.13. The Morgan fingerprint density at radius 1 is 1.19 bits per heavy atom. The number of aromatic nitrogens is 1. The summed E-state index contributed by atoms with van der Waals surface area (Å²) in [5, 5.41) is 0. The molecule has 140 valence electrons. The molecule has 1 amide bonds. The lowest BCUT2D eigenvalue weighted by molar-refractivity contribution is 0.0997. The van der Waals surface area contributed by atoms with Crippen molar-refractivity contribution in [3.05, 3.63) is 70.5 Å². The Labute approximate surface area is 162 Å². The van der Waals surface area contributed by atoms with Gasteiger partial charge in [-0.2, -0.15) is 4.99 Å². The van der Waals surface area contributed by atoms with E-state index in [0.29, 0.717) is 16.9 Å². The number of amides is 1. The van der Waals surface area contributed by atoms with Crippen LogP contribution in [0.2, 0.25) is 0 Å². The van der Waals surface area contributed by atoms with Crippen molar-refractivity contribution >= 4 is 37.3 Å². The van der Waals surface area contributed by atoms with Gasteiger partial charge in [-0.25, -0.2) is 8.42 Å². The van der Waals surface area contributed by atoms with E-state index in [-0.39, 0.29) is 10.8 Å². The fraction of sp³-hybridized carbons (Fsp3) is 0.200. The van der Waals surface area contributed by atoms with Crippen LogP contribution in [0.5, 0.6) is 0 Å². The fourth-order valence-corrected chi connectivity index (χ4v) is 4.72. The summed E-state index contributed by atoms with van der Waals surface area (Å²) in [5.74, 6) is -0.325. The number of carbonyl (C=O) groups excluding carboxylic acids is 1. The molecule has 0 saturated carbocycles. The Morgan fingerprint density at radius 3 is 2.44 bits per heavy atom. The molecule has 1 aromatic heterocycles. The molecule has 0 bridgehead atoms. The van der Waals surface area contributed by atoms with Crippen LogP contribution in [0.3, 0.4) is 0 Å². The number of thiazole rings is 1. The summed E-state index contributed by atoms with van der Waals surface area (Å²) in [5.41, 5.74) is 3.36. The first-order valence-electron chi connectivity index (χ1n) is 8.31. The molecule has 2 aromatic carbocycles. The molecule has 1 heterocycles. The number of nitrogens with zero attached hydrogens (tertiary/aromatic N) is 2. The Hall–Kier alpha value is -2.51. The van der Waals surface area contributed by atoms with Gasteiger partial charge in [0.05, 0.1) is 15.1 Å². The van der Waals surface area contributed by atoms with Crippen molar-refractivity contribution in [1.29, 1.82) is 0 Å². The average molecular weight is 401 g/mol. The van der Waals surface area contributed by atoms with Gasteiger partial charge < -0.3 is 4.57 Å². The van der Waals surface area contributed by atoms with Crippen LogP contribution in [-0.2, 0) is 16.4 Å². The standard InChI is InChI=1S/C20H20N2O3S2/c1-5-8-22-17-7-6-16(27(4,24)25)12-18(17)26-20(22)21-19(23)15-10-13(2)9-14(3)11-15/h5-7,9-12H,1,8H2,2-4H3. The molecule has 3 aromatic rings. The van der Waals surface area contributed by atoms with E-state index in [0.717, 1.165) is 21.3 Å². The molecule has 0 aliphatic carbocycles. The monoisotopic (exact) mass is 400 g/mol. The molecule has 0 aliphatic heterocycles. The van der Waals surface area contributed by atoms with E-state index in [9.17, 15) is 13.2 Å². The van der Waals surface area contributed by atoms with E-state index in [4.69, 9.17) is 0 Å². The lowest BCUT2D eigenvalue weighted by Gasteiger charge is -2.03. The van der Waals surface area contributed by atoms with Crippen LogP contribution in [-0.4, -0.2) is 25.1 Å². The van der Waals surface area contributed by atoms with E-state index >= 15 is 0 Å². The summed E-state index contributed by atoms with van der Waals surface area (Å²) >= 11 is 1.29. The molecule has 0 atom stereocenters. The first kappa shape index (κ1) is 19.3. The lowest BCUT2D eigenvalue weighted by atomic mass is 10.1. The maximum Gasteiger partial charge on any atom is 0.279 e.